The molecule has 0 amide bonds. The number of ether oxygens (including phenoxy) is 1. The van der Waals surface area contributed by atoms with Crippen LogP contribution >= 0.6 is 12.4 Å². The second-order valence-corrected chi connectivity index (χ2v) is 5.26. The Morgan fingerprint density at radius 2 is 2.25 bits per heavy atom. The Kier molecular flexibility index (Phi) is 7.11. The minimum atomic E-state index is 0. The predicted octanol–water partition coefficient (Wildman–Crippen LogP) is 4.09. The molecule has 0 unspecified atom stereocenters. The van der Waals surface area contributed by atoms with Crippen LogP contribution in [-0.4, -0.2) is 19.7 Å². The molecular formula is C17H26ClNO. The molecule has 3 heteroatoms. The molecule has 1 aromatic rings. The Balaban J connectivity index is 0.00000200. The summed E-state index contributed by atoms with van der Waals surface area (Å²) in [5.74, 6) is 1.52. The van der Waals surface area contributed by atoms with Crippen molar-refractivity contribution in [1.29, 1.82) is 0 Å². The summed E-state index contributed by atoms with van der Waals surface area (Å²) in [6.45, 7) is 7.23. The van der Waals surface area contributed by atoms with Crippen LogP contribution in [0.1, 0.15) is 43.2 Å². The molecule has 2 atom stereocenters. The Morgan fingerprint density at radius 3 is 2.90 bits per heavy atom. The van der Waals surface area contributed by atoms with Gasteiger partial charge in [0, 0.05) is 17.5 Å². The molecule has 0 heterocycles. The molecule has 2 nitrogen and oxygen atoms in total. The quantitative estimate of drug-likeness (QED) is 0.798. The molecule has 2 rings (SSSR count). The van der Waals surface area contributed by atoms with Crippen LogP contribution < -0.4 is 10.1 Å². The summed E-state index contributed by atoms with van der Waals surface area (Å²) in [5, 5.41) is 3.70. The smallest absolute Gasteiger partial charge is 0.122 e. The third-order valence-electron chi connectivity index (χ3n) is 4.03. The topological polar surface area (TPSA) is 21.3 Å². The van der Waals surface area contributed by atoms with Gasteiger partial charge in [-0.3, -0.25) is 0 Å². The number of aryl methyl sites for hydroxylation is 1. The SMILES string of the molecule is C=CC[C@@H]1c2c(cccc2OC)CC[C@@H]1NCCC.Cl. The van der Waals surface area contributed by atoms with Crippen LogP contribution in [-0.2, 0) is 6.42 Å². The van der Waals surface area contributed by atoms with Gasteiger partial charge in [0.25, 0.3) is 0 Å². The monoisotopic (exact) mass is 295 g/mol. The molecule has 0 spiro atoms. The van der Waals surface area contributed by atoms with Crippen molar-refractivity contribution in [3.05, 3.63) is 42.0 Å². The summed E-state index contributed by atoms with van der Waals surface area (Å²) in [4.78, 5) is 0. The van der Waals surface area contributed by atoms with E-state index < -0.39 is 0 Å². The minimum absolute atomic E-state index is 0. The van der Waals surface area contributed by atoms with E-state index >= 15 is 0 Å². The van der Waals surface area contributed by atoms with Crippen molar-refractivity contribution in [3.63, 3.8) is 0 Å². The summed E-state index contributed by atoms with van der Waals surface area (Å²) in [6.07, 6.45) is 6.57. The van der Waals surface area contributed by atoms with Gasteiger partial charge in [-0.2, -0.15) is 0 Å². The number of benzene rings is 1. The maximum absolute atomic E-state index is 5.58. The van der Waals surface area contributed by atoms with E-state index in [0.717, 1.165) is 25.1 Å². The van der Waals surface area contributed by atoms with Gasteiger partial charge in [0.1, 0.15) is 5.75 Å². The molecular weight excluding hydrogens is 270 g/mol. The van der Waals surface area contributed by atoms with E-state index in [9.17, 15) is 0 Å². The number of nitrogens with one attached hydrogen (secondary N) is 1. The van der Waals surface area contributed by atoms with Gasteiger partial charge >= 0.3 is 0 Å². The van der Waals surface area contributed by atoms with Crippen LogP contribution in [0.25, 0.3) is 0 Å². The first-order chi connectivity index (χ1) is 9.31. The lowest BCUT2D eigenvalue weighted by molar-refractivity contribution is 0.359. The number of halogens is 1. The van der Waals surface area contributed by atoms with Crippen molar-refractivity contribution in [2.24, 2.45) is 0 Å². The third-order valence-corrected chi connectivity index (χ3v) is 4.03. The highest BCUT2D eigenvalue weighted by Gasteiger charge is 2.30. The van der Waals surface area contributed by atoms with Crippen molar-refractivity contribution >= 4 is 12.4 Å². The van der Waals surface area contributed by atoms with Crippen LogP contribution in [0, 0.1) is 0 Å². The highest BCUT2D eigenvalue weighted by molar-refractivity contribution is 5.85. The molecule has 20 heavy (non-hydrogen) atoms. The Labute approximate surface area is 129 Å². The lowest BCUT2D eigenvalue weighted by atomic mass is 9.77. The normalized spacial score (nSPS) is 20.7. The number of allylic oxidation sites excluding steroid dienone is 1. The lowest BCUT2D eigenvalue weighted by Gasteiger charge is -2.35. The average molecular weight is 296 g/mol. The summed E-state index contributed by atoms with van der Waals surface area (Å²) < 4.78 is 5.58. The van der Waals surface area contributed by atoms with Crippen LogP contribution in [0.4, 0.5) is 0 Å². The summed E-state index contributed by atoms with van der Waals surface area (Å²) >= 11 is 0. The molecule has 0 saturated carbocycles. The van der Waals surface area contributed by atoms with Gasteiger partial charge in [-0.05, 0) is 43.9 Å². The fourth-order valence-corrected chi connectivity index (χ4v) is 3.16. The van der Waals surface area contributed by atoms with E-state index in [2.05, 4.69) is 37.0 Å². The van der Waals surface area contributed by atoms with Crippen LogP contribution in [0.5, 0.6) is 5.75 Å². The van der Waals surface area contributed by atoms with Gasteiger partial charge in [0.15, 0.2) is 0 Å². The molecule has 1 N–H and O–H groups in total. The second kappa shape index (κ2) is 8.33. The van der Waals surface area contributed by atoms with E-state index in [0.29, 0.717) is 12.0 Å². The first-order valence-corrected chi connectivity index (χ1v) is 7.31. The zero-order valence-electron chi connectivity index (χ0n) is 12.5. The Morgan fingerprint density at radius 1 is 1.45 bits per heavy atom. The van der Waals surface area contributed by atoms with E-state index in [1.165, 1.54) is 24.0 Å². The molecule has 0 aromatic heterocycles. The fourth-order valence-electron chi connectivity index (χ4n) is 3.16. The second-order valence-electron chi connectivity index (χ2n) is 5.26. The summed E-state index contributed by atoms with van der Waals surface area (Å²) in [7, 11) is 1.77. The van der Waals surface area contributed by atoms with Gasteiger partial charge < -0.3 is 10.1 Å². The molecule has 1 aromatic carbocycles. The van der Waals surface area contributed by atoms with E-state index in [1.807, 2.05) is 6.08 Å². The molecule has 112 valence electrons. The van der Waals surface area contributed by atoms with Crippen molar-refractivity contribution in [2.45, 2.75) is 44.6 Å². The number of hydrogen-bond acceptors (Lipinski definition) is 2. The molecule has 0 radical (unpaired) electrons. The first kappa shape index (κ1) is 17.1. The molecule has 0 fully saturated rings. The maximum atomic E-state index is 5.58. The van der Waals surface area contributed by atoms with Crippen molar-refractivity contribution in [3.8, 4) is 5.75 Å². The Bertz CT molecular complexity index is 419. The minimum Gasteiger partial charge on any atom is -0.496 e. The molecule has 1 aliphatic rings. The molecule has 1 aliphatic carbocycles. The van der Waals surface area contributed by atoms with Crippen molar-refractivity contribution in [2.75, 3.05) is 13.7 Å². The van der Waals surface area contributed by atoms with Gasteiger partial charge in [0.2, 0.25) is 0 Å². The molecule has 0 aliphatic heterocycles. The summed E-state index contributed by atoms with van der Waals surface area (Å²) in [6, 6.07) is 6.96. The third kappa shape index (κ3) is 3.56. The first-order valence-electron chi connectivity index (χ1n) is 7.31. The largest absolute Gasteiger partial charge is 0.496 e. The highest BCUT2D eigenvalue weighted by atomic mass is 35.5. The van der Waals surface area contributed by atoms with Gasteiger partial charge in [-0.15, -0.1) is 19.0 Å². The van der Waals surface area contributed by atoms with Gasteiger partial charge in [0.05, 0.1) is 7.11 Å². The maximum Gasteiger partial charge on any atom is 0.122 e. The highest BCUT2D eigenvalue weighted by Crippen LogP contribution is 2.40. The fraction of sp³-hybridized carbons (Fsp3) is 0.529. The summed E-state index contributed by atoms with van der Waals surface area (Å²) in [5.41, 5.74) is 2.84. The lowest BCUT2D eigenvalue weighted by Crippen LogP contribution is -2.38. The van der Waals surface area contributed by atoms with E-state index in [1.54, 1.807) is 7.11 Å². The van der Waals surface area contributed by atoms with Crippen molar-refractivity contribution in [1.82, 2.24) is 5.32 Å². The number of rotatable bonds is 6. The van der Waals surface area contributed by atoms with Crippen LogP contribution in [0.2, 0.25) is 0 Å². The molecule has 0 bridgehead atoms. The number of methoxy groups -OCH3 is 1. The van der Waals surface area contributed by atoms with E-state index in [-0.39, 0.29) is 12.4 Å². The number of fused-ring (bicyclic) bond motifs is 1. The predicted molar refractivity (Wildman–Crippen MR) is 88.2 cm³/mol. The zero-order chi connectivity index (χ0) is 13.7. The van der Waals surface area contributed by atoms with Crippen molar-refractivity contribution < 1.29 is 4.74 Å². The van der Waals surface area contributed by atoms with Gasteiger partial charge in [-0.1, -0.05) is 25.1 Å². The molecule has 0 saturated heterocycles. The Hall–Kier alpha value is -0.990. The van der Waals surface area contributed by atoms with Crippen LogP contribution in [0.15, 0.2) is 30.9 Å². The number of hydrogen-bond donors (Lipinski definition) is 1. The van der Waals surface area contributed by atoms with E-state index in [4.69, 9.17) is 4.74 Å². The van der Waals surface area contributed by atoms with Gasteiger partial charge in [-0.25, -0.2) is 0 Å². The van der Waals surface area contributed by atoms with Crippen LogP contribution in [0.3, 0.4) is 0 Å². The average Bonchev–Trinajstić information content (AvgIpc) is 2.45. The zero-order valence-corrected chi connectivity index (χ0v) is 13.3. The standard InChI is InChI=1S/C17H25NO.ClH/c1-4-7-14-15(18-12-5-2)11-10-13-8-6-9-16(19-3)17(13)14;/h4,6,8-9,14-15,18H,1,5,7,10-12H2,2-3H3;1H/t14-,15-;/m0./s1.